The zero-order valence-corrected chi connectivity index (χ0v) is 10.5. The van der Waals surface area contributed by atoms with Crippen LogP contribution in [0.25, 0.3) is 0 Å². The summed E-state index contributed by atoms with van der Waals surface area (Å²) in [6.45, 7) is 0.0387. The van der Waals surface area contributed by atoms with Crippen LogP contribution < -0.4 is 10.5 Å². The molecule has 0 radical (unpaired) electrons. The van der Waals surface area contributed by atoms with Gasteiger partial charge in [-0.3, -0.25) is 0 Å². The number of hydrogen-bond acceptors (Lipinski definition) is 2. The van der Waals surface area contributed by atoms with E-state index in [4.69, 9.17) is 5.73 Å². The molecular formula is C14H19F2NO. The van der Waals surface area contributed by atoms with Gasteiger partial charge in [0, 0.05) is 12.0 Å². The molecule has 100 valence electrons. The molecule has 2 atom stereocenters. The predicted octanol–water partition coefficient (Wildman–Crippen LogP) is 3.30. The molecular weight excluding hydrogens is 236 g/mol. The van der Waals surface area contributed by atoms with Crippen LogP contribution in [0.3, 0.4) is 0 Å². The van der Waals surface area contributed by atoms with Crippen molar-refractivity contribution in [3.05, 3.63) is 29.8 Å². The number of hydrogen-bond donors (Lipinski definition) is 1. The minimum atomic E-state index is -2.77. The summed E-state index contributed by atoms with van der Waals surface area (Å²) >= 11 is 0. The smallest absolute Gasteiger partial charge is 0.387 e. The predicted molar refractivity (Wildman–Crippen MR) is 66.8 cm³/mol. The second-order valence-electron chi connectivity index (χ2n) is 5.06. The average molecular weight is 255 g/mol. The molecule has 1 aliphatic rings. The lowest BCUT2D eigenvalue weighted by Crippen LogP contribution is -2.37. The highest BCUT2D eigenvalue weighted by atomic mass is 19.3. The lowest BCUT2D eigenvalue weighted by molar-refractivity contribution is -0.0498. The summed E-state index contributed by atoms with van der Waals surface area (Å²) in [5, 5.41) is 0. The van der Waals surface area contributed by atoms with Gasteiger partial charge in [0.2, 0.25) is 0 Å². The van der Waals surface area contributed by atoms with Gasteiger partial charge in [0.05, 0.1) is 0 Å². The number of benzene rings is 1. The van der Waals surface area contributed by atoms with Gasteiger partial charge in [0.15, 0.2) is 0 Å². The maximum atomic E-state index is 12.1. The van der Waals surface area contributed by atoms with Crippen LogP contribution >= 0.6 is 0 Å². The van der Waals surface area contributed by atoms with Crippen molar-refractivity contribution in [3.63, 3.8) is 0 Å². The van der Waals surface area contributed by atoms with Crippen LogP contribution in [-0.4, -0.2) is 13.2 Å². The average Bonchev–Trinajstić information content (AvgIpc) is 2.72. The Bertz CT molecular complexity index is 393. The fraction of sp³-hybridized carbons (Fsp3) is 0.571. The number of rotatable bonds is 4. The molecule has 0 spiro atoms. The van der Waals surface area contributed by atoms with Crippen LogP contribution in [0.1, 0.15) is 31.7 Å². The highest BCUT2D eigenvalue weighted by molar-refractivity contribution is 5.34. The van der Waals surface area contributed by atoms with Gasteiger partial charge in [-0.2, -0.15) is 8.78 Å². The molecule has 1 aromatic carbocycles. The molecule has 1 fully saturated rings. The Hall–Kier alpha value is -1.16. The summed E-state index contributed by atoms with van der Waals surface area (Å²) in [5.74, 6) is 0.732. The monoisotopic (exact) mass is 255 g/mol. The van der Waals surface area contributed by atoms with Gasteiger partial charge in [0.25, 0.3) is 0 Å². The second kappa shape index (κ2) is 5.22. The molecule has 1 saturated carbocycles. The molecule has 0 bridgehead atoms. The van der Waals surface area contributed by atoms with E-state index in [0.29, 0.717) is 12.5 Å². The van der Waals surface area contributed by atoms with Crippen molar-refractivity contribution in [2.24, 2.45) is 11.7 Å². The zero-order valence-electron chi connectivity index (χ0n) is 10.5. The summed E-state index contributed by atoms with van der Waals surface area (Å²) in [7, 11) is 0. The number of alkyl halides is 2. The van der Waals surface area contributed by atoms with Crippen LogP contribution in [0.2, 0.25) is 0 Å². The summed E-state index contributed by atoms with van der Waals surface area (Å²) in [4.78, 5) is 0. The third-order valence-corrected chi connectivity index (χ3v) is 4.22. The van der Waals surface area contributed by atoms with E-state index in [1.54, 1.807) is 12.1 Å². The largest absolute Gasteiger partial charge is 0.435 e. The Balaban J connectivity index is 2.22. The lowest BCUT2D eigenvalue weighted by Gasteiger charge is -2.33. The maximum Gasteiger partial charge on any atom is 0.387 e. The molecule has 18 heavy (non-hydrogen) atoms. The second-order valence-corrected chi connectivity index (χ2v) is 5.06. The fourth-order valence-corrected chi connectivity index (χ4v) is 3.06. The van der Waals surface area contributed by atoms with Gasteiger partial charge in [-0.25, -0.2) is 0 Å². The molecule has 2 N–H and O–H groups in total. The summed E-state index contributed by atoms with van der Waals surface area (Å²) in [5.41, 5.74) is 7.10. The number of nitrogens with two attached hydrogens (primary N) is 1. The highest BCUT2D eigenvalue weighted by Gasteiger charge is 2.40. The van der Waals surface area contributed by atoms with Crippen molar-refractivity contribution >= 4 is 0 Å². The highest BCUT2D eigenvalue weighted by Crippen LogP contribution is 2.45. The minimum Gasteiger partial charge on any atom is -0.435 e. The van der Waals surface area contributed by atoms with Crippen molar-refractivity contribution in [1.82, 2.24) is 0 Å². The molecule has 1 aromatic rings. The first-order chi connectivity index (χ1) is 8.58. The quantitative estimate of drug-likeness (QED) is 0.895. The standard InChI is InChI=1S/C14H19F2NO/c1-10-3-2-8-14(10,9-17)11-4-6-12(7-5-11)18-13(15)16/h4-7,10,13H,2-3,8-9,17H2,1H3. The fourth-order valence-electron chi connectivity index (χ4n) is 3.06. The van der Waals surface area contributed by atoms with Crippen molar-refractivity contribution < 1.29 is 13.5 Å². The van der Waals surface area contributed by atoms with Crippen molar-refractivity contribution in [2.45, 2.75) is 38.2 Å². The van der Waals surface area contributed by atoms with Gasteiger partial charge in [-0.05, 0) is 36.5 Å². The van der Waals surface area contributed by atoms with Gasteiger partial charge < -0.3 is 10.5 Å². The summed E-state index contributed by atoms with van der Waals surface area (Å²) in [6.07, 6.45) is 3.42. The van der Waals surface area contributed by atoms with E-state index in [9.17, 15) is 8.78 Å². The molecule has 0 heterocycles. The third kappa shape index (κ3) is 2.34. The van der Waals surface area contributed by atoms with Crippen LogP contribution in [0.5, 0.6) is 5.75 Å². The van der Waals surface area contributed by atoms with E-state index < -0.39 is 6.61 Å². The van der Waals surface area contributed by atoms with Crippen molar-refractivity contribution in [2.75, 3.05) is 6.54 Å². The maximum absolute atomic E-state index is 12.1. The van der Waals surface area contributed by atoms with E-state index in [2.05, 4.69) is 11.7 Å². The van der Waals surface area contributed by atoms with Gasteiger partial charge >= 0.3 is 6.61 Å². The summed E-state index contributed by atoms with van der Waals surface area (Å²) < 4.78 is 28.5. The van der Waals surface area contributed by atoms with Crippen molar-refractivity contribution in [3.8, 4) is 5.75 Å². The topological polar surface area (TPSA) is 35.2 Å². The molecule has 0 saturated heterocycles. The van der Waals surface area contributed by atoms with Crippen LogP contribution in [0, 0.1) is 5.92 Å². The molecule has 4 heteroatoms. The Morgan fingerprint density at radius 3 is 2.50 bits per heavy atom. The van der Waals surface area contributed by atoms with Crippen LogP contribution in [-0.2, 0) is 5.41 Å². The Morgan fingerprint density at radius 1 is 1.39 bits per heavy atom. The molecule has 0 amide bonds. The Labute approximate surface area is 106 Å². The van der Waals surface area contributed by atoms with E-state index in [0.717, 1.165) is 12.0 Å². The van der Waals surface area contributed by atoms with E-state index in [1.165, 1.54) is 12.8 Å². The Kier molecular flexibility index (Phi) is 3.85. The number of ether oxygens (including phenoxy) is 1. The Morgan fingerprint density at radius 2 is 2.06 bits per heavy atom. The molecule has 2 nitrogen and oxygen atoms in total. The van der Waals surface area contributed by atoms with Gasteiger partial charge in [0.1, 0.15) is 5.75 Å². The molecule has 1 aliphatic carbocycles. The van der Waals surface area contributed by atoms with E-state index in [-0.39, 0.29) is 11.2 Å². The van der Waals surface area contributed by atoms with Gasteiger partial charge in [-0.15, -0.1) is 0 Å². The van der Waals surface area contributed by atoms with Crippen LogP contribution in [0.4, 0.5) is 8.78 Å². The molecule has 2 unspecified atom stereocenters. The first-order valence-corrected chi connectivity index (χ1v) is 6.34. The van der Waals surface area contributed by atoms with E-state index >= 15 is 0 Å². The molecule has 0 aromatic heterocycles. The lowest BCUT2D eigenvalue weighted by atomic mass is 9.73. The SMILES string of the molecule is CC1CCCC1(CN)c1ccc(OC(F)F)cc1. The van der Waals surface area contributed by atoms with E-state index in [1.807, 2.05) is 12.1 Å². The van der Waals surface area contributed by atoms with Gasteiger partial charge in [-0.1, -0.05) is 25.5 Å². The molecule has 0 aliphatic heterocycles. The zero-order chi connectivity index (χ0) is 13.2. The third-order valence-electron chi connectivity index (χ3n) is 4.22. The first-order valence-electron chi connectivity index (χ1n) is 6.34. The van der Waals surface area contributed by atoms with Crippen molar-refractivity contribution in [1.29, 1.82) is 0 Å². The number of halogens is 2. The van der Waals surface area contributed by atoms with Crippen LogP contribution in [0.15, 0.2) is 24.3 Å². The first kappa shape index (κ1) is 13.3. The molecule has 2 rings (SSSR count). The normalized spacial score (nSPS) is 27.7. The minimum absolute atomic E-state index is 0.00333. The summed E-state index contributed by atoms with van der Waals surface area (Å²) in [6, 6.07) is 6.94.